The first kappa shape index (κ1) is 9.26. The molecule has 2 unspecified atom stereocenters. The van der Waals surface area contributed by atoms with E-state index in [4.69, 9.17) is 0 Å². The Balaban J connectivity index is 2.19. The monoisotopic (exact) mass is 180 g/mol. The van der Waals surface area contributed by atoms with Gasteiger partial charge < -0.3 is 5.11 Å². The summed E-state index contributed by atoms with van der Waals surface area (Å²) >= 11 is 0. The quantitative estimate of drug-likeness (QED) is 0.568. The summed E-state index contributed by atoms with van der Waals surface area (Å²) in [6.45, 7) is 4.75. The van der Waals surface area contributed by atoms with Crippen LogP contribution in [-0.4, -0.2) is 11.2 Å². The summed E-state index contributed by atoms with van der Waals surface area (Å²) < 4.78 is 0. The molecule has 74 valence electrons. The second-order valence-electron chi connectivity index (χ2n) is 5.29. The summed E-state index contributed by atoms with van der Waals surface area (Å²) in [4.78, 5) is 0. The standard InChI is InChI=1S/C12H20O/c1-12(2)7-3-4-9-8-10(13)5-6-11(9)12/h4,10-11,13H,3,5-8H2,1-2H3. The molecular formula is C12H20O. The van der Waals surface area contributed by atoms with E-state index in [1.165, 1.54) is 24.8 Å². The predicted octanol–water partition coefficient (Wildman–Crippen LogP) is 2.89. The van der Waals surface area contributed by atoms with Crippen LogP contribution in [0.25, 0.3) is 0 Å². The summed E-state index contributed by atoms with van der Waals surface area (Å²) in [5.41, 5.74) is 2.01. The third kappa shape index (κ3) is 1.67. The van der Waals surface area contributed by atoms with Crippen molar-refractivity contribution in [1.82, 2.24) is 0 Å². The van der Waals surface area contributed by atoms with Crippen LogP contribution in [-0.2, 0) is 0 Å². The number of aliphatic hydroxyl groups excluding tert-OH is 1. The van der Waals surface area contributed by atoms with E-state index >= 15 is 0 Å². The van der Waals surface area contributed by atoms with Crippen LogP contribution in [0, 0.1) is 11.3 Å². The molecule has 0 heterocycles. The van der Waals surface area contributed by atoms with E-state index in [1.807, 2.05) is 0 Å². The van der Waals surface area contributed by atoms with Gasteiger partial charge in [-0.15, -0.1) is 0 Å². The first-order chi connectivity index (χ1) is 6.09. The molecule has 2 aliphatic rings. The largest absolute Gasteiger partial charge is 0.393 e. The summed E-state index contributed by atoms with van der Waals surface area (Å²) in [7, 11) is 0. The molecule has 0 aromatic rings. The van der Waals surface area contributed by atoms with Crippen molar-refractivity contribution < 1.29 is 5.11 Å². The number of rotatable bonds is 0. The molecule has 13 heavy (non-hydrogen) atoms. The molecule has 1 nitrogen and oxygen atoms in total. The van der Waals surface area contributed by atoms with Gasteiger partial charge in [0.05, 0.1) is 6.10 Å². The second-order valence-corrected chi connectivity index (χ2v) is 5.29. The Morgan fingerprint density at radius 3 is 2.92 bits per heavy atom. The average molecular weight is 180 g/mol. The van der Waals surface area contributed by atoms with Gasteiger partial charge in [-0.1, -0.05) is 25.5 Å². The molecule has 0 amide bonds. The molecule has 2 rings (SSSR count). The number of aliphatic hydroxyl groups is 1. The maximum absolute atomic E-state index is 9.58. The molecule has 1 saturated carbocycles. The van der Waals surface area contributed by atoms with Crippen molar-refractivity contribution in [3.63, 3.8) is 0 Å². The highest BCUT2D eigenvalue weighted by Gasteiger charge is 2.37. The lowest BCUT2D eigenvalue weighted by Gasteiger charge is -2.43. The molecule has 0 saturated heterocycles. The van der Waals surface area contributed by atoms with E-state index in [0.29, 0.717) is 5.41 Å². The average Bonchev–Trinajstić information content (AvgIpc) is 2.02. The van der Waals surface area contributed by atoms with Crippen LogP contribution in [0.15, 0.2) is 11.6 Å². The first-order valence-electron chi connectivity index (χ1n) is 5.46. The molecule has 0 radical (unpaired) electrons. The molecule has 2 aliphatic carbocycles. The second kappa shape index (κ2) is 3.13. The van der Waals surface area contributed by atoms with Crippen molar-refractivity contribution in [2.24, 2.45) is 11.3 Å². The van der Waals surface area contributed by atoms with E-state index < -0.39 is 0 Å². The number of hydrogen-bond acceptors (Lipinski definition) is 1. The van der Waals surface area contributed by atoms with Crippen molar-refractivity contribution in [3.8, 4) is 0 Å². The molecule has 1 N–H and O–H groups in total. The lowest BCUT2D eigenvalue weighted by atomic mass is 9.63. The zero-order valence-electron chi connectivity index (χ0n) is 8.71. The lowest BCUT2D eigenvalue weighted by molar-refractivity contribution is 0.0939. The highest BCUT2D eigenvalue weighted by atomic mass is 16.3. The smallest absolute Gasteiger partial charge is 0.0577 e. The summed E-state index contributed by atoms with van der Waals surface area (Å²) in [5, 5.41) is 9.58. The lowest BCUT2D eigenvalue weighted by Crippen LogP contribution is -2.34. The molecule has 1 fully saturated rings. The van der Waals surface area contributed by atoms with E-state index in [2.05, 4.69) is 19.9 Å². The van der Waals surface area contributed by atoms with Crippen LogP contribution in [0.5, 0.6) is 0 Å². The number of hydrogen-bond donors (Lipinski definition) is 1. The summed E-state index contributed by atoms with van der Waals surface area (Å²) in [6, 6.07) is 0. The highest BCUT2D eigenvalue weighted by molar-refractivity contribution is 5.17. The predicted molar refractivity (Wildman–Crippen MR) is 54.4 cm³/mol. The van der Waals surface area contributed by atoms with E-state index in [-0.39, 0.29) is 6.10 Å². The van der Waals surface area contributed by atoms with Gasteiger partial charge in [0.25, 0.3) is 0 Å². The fourth-order valence-corrected chi connectivity index (χ4v) is 2.98. The molecule has 0 spiro atoms. The third-order valence-electron chi connectivity index (χ3n) is 3.85. The van der Waals surface area contributed by atoms with E-state index in [0.717, 1.165) is 18.8 Å². The number of fused-ring (bicyclic) bond motifs is 1. The Morgan fingerprint density at radius 1 is 1.38 bits per heavy atom. The molecule has 0 aromatic carbocycles. The van der Waals surface area contributed by atoms with Crippen molar-refractivity contribution in [2.75, 3.05) is 0 Å². The van der Waals surface area contributed by atoms with Crippen LogP contribution in [0.2, 0.25) is 0 Å². The molecule has 2 atom stereocenters. The van der Waals surface area contributed by atoms with Crippen molar-refractivity contribution in [2.45, 2.75) is 52.1 Å². The minimum Gasteiger partial charge on any atom is -0.393 e. The Hall–Kier alpha value is -0.300. The van der Waals surface area contributed by atoms with Gasteiger partial charge in [-0.3, -0.25) is 0 Å². The molecule has 0 bridgehead atoms. The van der Waals surface area contributed by atoms with Crippen LogP contribution in [0.1, 0.15) is 46.0 Å². The minimum absolute atomic E-state index is 0.0589. The molecular weight excluding hydrogens is 160 g/mol. The minimum atomic E-state index is -0.0589. The molecule has 0 aliphatic heterocycles. The topological polar surface area (TPSA) is 20.2 Å². The maximum atomic E-state index is 9.58. The fourth-order valence-electron chi connectivity index (χ4n) is 2.98. The van der Waals surface area contributed by atoms with Gasteiger partial charge in [-0.05, 0) is 43.4 Å². The SMILES string of the molecule is CC1(C)CCC=C2CC(O)CCC21. The highest BCUT2D eigenvalue weighted by Crippen LogP contribution is 2.47. The van der Waals surface area contributed by atoms with Gasteiger partial charge in [0, 0.05) is 0 Å². The zero-order chi connectivity index (χ0) is 9.47. The Bertz CT molecular complexity index is 227. The summed E-state index contributed by atoms with van der Waals surface area (Å²) in [6.07, 6.45) is 7.98. The number of allylic oxidation sites excluding steroid dienone is 1. The van der Waals surface area contributed by atoms with Crippen LogP contribution < -0.4 is 0 Å². The van der Waals surface area contributed by atoms with E-state index in [9.17, 15) is 5.11 Å². The normalized spacial score (nSPS) is 37.9. The Labute approximate surface area is 80.8 Å². The van der Waals surface area contributed by atoms with Gasteiger partial charge in [-0.25, -0.2) is 0 Å². The van der Waals surface area contributed by atoms with Crippen LogP contribution in [0.3, 0.4) is 0 Å². The summed E-state index contributed by atoms with van der Waals surface area (Å²) in [5.74, 6) is 0.754. The maximum Gasteiger partial charge on any atom is 0.0577 e. The van der Waals surface area contributed by atoms with Gasteiger partial charge in [0.15, 0.2) is 0 Å². The van der Waals surface area contributed by atoms with Crippen LogP contribution >= 0.6 is 0 Å². The fraction of sp³-hybridized carbons (Fsp3) is 0.833. The molecule has 0 aromatic heterocycles. The van der Waals surface area contributed by atoms with Crippen molar-refractivity contribution in [1.29, 1.82) is 0 Å². The van der Waals surface area contributed by atoms with Crippen molar-refractivity contribution >= 4 is 0 Å². The van der Waals surface area contributed by atoms with Gasteiger partial charge in [-0.2, -0.15) is 0 Å². The van der Waals surface area contributed by atoms with E-state index in [1.54, 1.807) is 0 Å². The van der Waals surface area contributed by atoms with Crippen molar-refractivity contribution in [3.05, 3.63) is 11.6 Å². The third-order valence-corrected chi connectivity index (χ3v) is 3.85. The Kier molecular flexibility index (Phi) is 2.23. The van der Waals surface area contributed by atoms with Crippen LogP contribution in [0.4, 0.5) is 0 Å². The first-order valence-corrected chi connectivity index (χ1v) is 5.46. The Morgan fingerprint density at radius 2 is 2.15 bits per heavy atom. The van der Waals surface area contributed by atoms with Gasteiger partial charge >= 0.3 is 0 Å². The van der Waals surface area contributed by atoms with Gasteiger partial charge in [0.1, 0.15) is 0 Å². The molecule has 1 heteroatoms. The zero-order valence-corrected chi connectivity index (χ0v) is 8.71. The van der Waals surface area contributed by atoms with Gasteiger partial charge in [0.2, 0.25) is 0 Å².